The summed E-state index contributed by atoms with van der Waals surface area (Å²) in [6.07, 6.45) is 0. The maximum Gasteiger partial charge on any atom is 0.260 e. The number of fused-ring (bicyclic) bond motifs is 1. The number of methoxy groups -OCH3 is 2. The summed E-state index contributed by atoms with van der Waals surface area (Å²) >= 11 is 1.37. The zero-order valence-corrected chi connectivity index (χ0v) is 15.6. The molecule has 27 heavy (non-hydrogen) atoms. The standard InChI is InChI=1S/C21H17NO4S/c1-25-14-8-13(9-15(10-14)26-2)16-11-27-21-18(16)19(23)17(20(24)22-21)12-6-4-3-5-7-12/h3-11H,1-2H3,(H2,22,23,24). The summed E-state index contributed by atoms with van der Waals surface area (Å²) in [7, 11) is 3.18. The van der Waals surface area contributed by atoms with Gasteiger partial charge in [0, 0.05) is 17.0 Å². The lowest BCUT2D eigenvalue weighted by Gasteiger charge is -2.10. The van der Waals surface area contributed by atoms with Crippen molar-refractivity contribution in [2.75, 3.05) is 14.2 Å². The van der Waals surface area contributed by atoms with Crippen LogP contribution in [0.1, 0.15) is 0 Å². The van der Waals surface area contributed by atoms with E-state index in [1.165, 1.54) is 11.3 Å². The summed E-state index contributed by atoms with van der Waals surface area (Å²) < 4.78 is 10.7. The molecule has 0 radical (unpaired) electrons. The number of H-pyrrole nitrogens is 1. The largest absolute Gasteiger partial charge is 0.506 e. The number of hydrogen-bond donors (Lipinski definition) is 2. The average molecular weight is 379 g/mol. The van der Waals surface area contributed by atoms with Crippen molar-refractivity contribution in [3.63, 3.8) is 0 Å². The van der Waals surface area contributed by atoms with Crippen molar-refractivity contribution >= 4 is 21.6 Å². The van der Waals surface area contributed by atoms with E-state index in [9.17, 15) is 9.90 Å². The Kier molecular flexibility index (Phi) is 4.33. The molecule has 0 saturated heterocycles. The van der Waals surface area contributed by atoms with E-state index in [1.54, 1.807) is 32.4 Å². The third-order valence-electron chi connectivity index (χ3n) is 4.44. The van der Waals surface area contributed by atoms with E-state index in [0.29, 0.717) is 27.3 Å². The van der Waals surface area contributed by atoms with Crippen LogP contribution in [0.3, 0.4) is 0 Å². The fourth-order valence-electron chi connectivity index (χ4n) is 3.13. The van der Waals surface area contributed by atoms with E-state index in [-0.39, 0.29) is 16.9 Å². The first-order chi connectivity index (χ1) is 13.1. The molecular weight excluding hydrogens is 362 g/mol. The zero-order chi connectivity index (χ0) is 19.0. The molecule has 6 heteroatoms. The van der Waals surface area contributed by atoms with Crippen molar-refractivity contribution in [3.8, 4) is 39.5 Å². The lowest BCUT2D eigenvalue weighted by Crippen LogP contribution is -2.08. The van der Waals surface area contributed by atoms with Crippen LogP contribution in [-0.4, -0.2) is 24.3 Å². The number of benzene rings is 2. The van der Waals surface area contributed by atoms with E-state index in [4.69, 9.17) is 9.47 Å². The summed E-state index contributed by atoms with van der Waals surface area (Å²) in [6, 6.07) is 14.7. The molecular formula is C21H17NO4S. The van der Waals surface area contributed by atoms with Gasteiger partial charge in [-0.15, -0.1) is 11.3 Å². The number of aromatic amines is 1. The molecule has 136 valence electrons. The van der Waals surface area contributed by atoms with Gasteiger partial charge in [0.1, 0.15) is 22.1 Å². The molecule has 4 rings (SSSR count). The molecule has 0 atom stereocenters. The molecule has 4 aromatic rings. The SMILES string of the molecule is COc1cc(OC)cc(-c2csc3[nH]c(=O)c(-c4ccccc4)c(O)c23)c1. The fraction of sp³-hybridized carbons (Fsp3) is 0.0952. The Morgan fingerprint density at radius 2 is 1.63 bits per heavy atom. The second-order valence-corrected chi connectivity index (χ2v) is 6.88. The second kappa shape index (κ2) is 6.81. The highest BCUT2D eigenvalue weighted by atomic mass is 32.1. The van der Waals surface area contributed by atoms with Crippen molar-refractivity contribution in [2.24, 2.45) is 0 Å². The number of hydrogen-bond acceptors (Lipinski definition) is 5. The highest BCUT2D eigenvalue weighted by molar-refractivity contribution is 7.17. The zero-order valence-electron chi connectivity index (χ0n) is 14.8. The van der Waals surface area contributed by atoms with Gasteiger partial charge in [0.25, 0.3) is 5.56 Å². The Morgan fingerprint density at radius 1 is 0.963 bits per heavy atom. The maximum atomic E-state index is 12.6. The third-order valence-corrected chi connectivity index (χ3v) is 5.34. The van der Waals surface area contributed by atoms with E-state index < -0.39 is 0 Å². The fourth-order valence-corrected chi connectivity index (χ4v) is 4.10. The number of thiophene rings is 1. The number of nitrogens with one attached hydrogen (secondary N) is 1. The Labute approximate surface area is 159 Å². The van der Waals surface area contributed by atoms with Gasteiger partial charge in [-0.25, -0.2) is 0 Å². The Morgan fingerprint density at radius 3 is 2.26 bits per heavy atom. The van der Waals surface area contributed by atoms with Gasteiger partial charge < -0.3 is 19.6 Å². The summed E-state index contributed by atoms with van der Waals surface area (Å²) in [5.74, 6) is 1.27. The lowest BCUT2D eigenvalue weighted by molar-refractivity contribution is 0.394. The van der Waals surface area contributed by atoms with Crippen molar-refractivity contribution in [2.45, 2.75) is 0 Å². The van der Waals surface area contributed by atoms with Gasteiger partial charge in [0.2, 0.25) is 0 Å². The number of aromatic nitrogens is 1. The van der Waals surface area contributed by atoms with E-state index in [1.807, 2.05) is 35.7 Å². The molecule has 2 heterocycles. The Bertz CT molecular complexity index is 1160. The topological polar surface area (TPSA) is 71.5 Å². The van der Waals surface area contributed by atoms with Crippen molar-refractivity contribution in [1.29, 1.82) is 0 Å². The molecule has 0 aliphatic rings. The third kappa shape index (κ3) is 2.94. The van der Waals surface area contributed by atoms with Crippen LogP contribution in [0, 0.1) is 0 Å². The predicted octanol–water partition coefficient (Wildman–Crippen LogP) is 4.65. The molecule has 0 aliphatic carbocycles. The minimum Gasteiger partial charge on any atom is -0.506 e. The van der Waals surface area contributed by atoms with Crippen LogP contribution in [-0.2, 0) is 0 Å². The van der Waals surface area contributed by atoms with Gasteiger partial charge in [-0.3, -0.25) is 4.79 Å². The van der Waals surface area contributed by atoms with Crippen molar-refractivity contribution < 1.29 is 14.6 Å². The summed E-state index contributed by atoms with van der Waals surface area (Å²) in [5, 5.41) is 13.5. The smallest absolute Gasteiger partial charge is 0.260 e. The predicted molar refractivity (Wildman–Crippen MR) is 108 cm³/mol. The van der Waals surface area contributed by atoms with Gasteiger partial charge in [-0.1, -0.05) is 30.3 Å². The van der Waals surface area contributed by atoms with Crippen LogP contribution < -0.4 is 15.0 Å². The average Bonchev–Trinajstić information content (AvgIpc) is 3.12. The molecule has 0 bridgehead atoms. The van der Waals surface area contributed by atoms with E-state index in [0.717, 1.165) is 11.1 Å². The molecule has 5 nitrogen and oxygen atoms in total. The minimum absolute atomic E-state index is 0.0296. The second-order valence-electron chi connectivity index (χ2n) is 6.00. The molecule has 0 unspecified atom stereocenters. The Balaban J connectivity index is 2.01. The van der Waals surface area contributed by atoms with Crippen LogP contribution in [0.25, 0.3) is 32.5 Å². The van der Waals surface area contributed by atoms with Crippen LogP contribution in [0.2, 0.25) is 0 Å². The van der Waals surface area contributed by atoms with Gasteiger partial charge >= 0.3 is 0 Å². The molecule has 0 saturated carbocycles. The molecule has 0 fully saturated rings. The van der Waals surface area contributed by atoms with E-state index >= 15 is 0 Å². The van der Waals surface area contributed by atoms with Crippen molar-refractivity contribution in [1.82, 2.24) is 4.98 Å². The monoisotopic (exact) mass is 379 g/mol. The Hall–Kier alpha value is -3.25. The summed E-state index contributed by atoms with van der Waals surface area (Å²) in [4.78, 5) is 16.1. The quantitative estimate of drug-likeness (QED) is 0.542. The van der Waals surface area contributed by atoms with Gasteiger partial charge in [-0.2, -0.15) is 0 Å². The number of ether oxygens (including phenoxy) is 2. The van der Waals surface area contributed by atoms with E-state index in [2.05, 4.69) is 4.98 Å². The maximum absolute atomic E-state index is 12.6. The molecule has 2 aromatic carbocycles. The minimum atomic E-state index is -0.317. The lowest BCUT2D eigenvalue weighted by atomic mass is 10.0. The first kappa shape index (κ1) is 17.2. The number of rotatable bonds is 4. The van der Waals surface area contributed by atoms with Gasteiger partial charge in [0.15, 0.2) is 0 Å². The van der Waals surface area contributed by atoms with Crippen LogP contribution in [0.15, 0.2) is 58.7 Å². The first-order valence-electron chi connectivity index (χ1n) is 8.27. The van der Waals surface area contributed by atoms with Crippen LogP contribution >= 0.6 is 11.3 Å². The molecule has 0 aliphatic heterocycles. The molecule has 0 amide bonds. The molecule has 2 aromatic heterocycles. The number of aromatic hydroxyl groups is 1. The summed E-state index contributed by atoms with van der Waals surface area (Å²) in [5.41, 5.74) is 2.25. The highest BCUT2D eigenvalue weighted by Crippen LogP contribution is 2.43. The van der Waals surface area contributed by atoms with Crippen LogP contribution in [0.4, 0.5) is 0 Å². The van der Waals surface area contributed by atoms with Crippen molar-refractivity contribution in [3.05, 3.63) is 64.3 Å². The molecule has 2 N–H and O–H groups in total. The summed E-state index contributed by atoms with van der Waals surface area (Å²) in [6.45, 7) is 0. The van der Waals surface area contributed by atoms with Gasteiger partial charge in [-0.05, 0) is 23.3 Å². The normalized spacial score (nSPS) is 10.9. The molecule has 0 spiro atoms. The van der Waals surface area contributed by atoms with Crippen LogP contribution in [0.5, 0.6) is 17.2 Å². The first-order valence-corrected chi connectivity index (χ1v) is 9.15. The highest BCUT2D eigenvalue weighted by Gasteiger charge is 2.19. The van der Waals surface area contributed by atoms with Gasteiger partial charge in [0.05, 0.1) is 25.2 Å². The number of pyridine rings is 1.